The highest BCUT2D eigenvalue weighted by atomic mass is 16.2. The Morgan fingerprint density at radius 2 is 1.65 bits per heavy atom. The lowest BCUT2D eigenvalue weighted by Gasteiger charge is -2.38. The van der Waals surface area contributed by atoms with Gasteiger partial charge in [-0.1, -0.05) is 42.5 Å². The summed E-state index contributed by atoms with van der Waals surface area (Å²) in [6.07, 6.45) is 4.16. The van der Waals surface area contributed by atoms with Crippen LogP contribution in [0, 0.1) is 13.8 Å². The van der Waals surface area contributed by atoms with E-state index >= 15 is 0 Å². The number of amides is 2. The van der Waals surface area contributed by atoms with Gasteiger partial charge in [-0.25, -0.2) is 4.79 Å². The number of piperidine rings is 1. The van der Waals surface area contributed by atoms with E-state index in [0.717, 1.165) is 33.2 Å². The SMILES string of the molecule is Cc1cccc(-c2cn(CC(=O)N3CCC(N4CCc5ccccc5CC4=O)CC3)c(=O)n(CCN)c2=O)c1C. The van der Waals surface area contributed by atoms with Gasteiger partial charge in [-0.2, -0.15) is 0 Å². The van der Waals surface area contributed by atoms with Crippen LogP contribution in [0.4, 0.5) is 0 Å². The van der Waals surface area contributed by atoms with Gasteiger partial charge >= 0.3 is 5.69 Å². The average Bonchev–Trinajstić information content (AvgIpc) is 3.12. The second-order valence-electron chi connectivity index (χ2n) is 10.8. The van der Waals surface area contributed by atoms with Crippen molar-refractivity contribution in [1.82, 2.24) is 18.9 Å². The fraction of sp³-hybridized carbons (Fsp3) is 0.419. The molecule has 0 atom stereocenters. The Morgan fingerprint density at radius 1 is 0.925 bits per heavy atom. The highest BCUT2D eigenvalue weighted by Crippen LogP contribution is 2.24. The minimum Gasteiger partial charge on any atom is -0.341 e. The van der Waals surface area contributed by atoms with Crippen LogP contribution < -0.4 is 17.0 Å². The Balaban J connectivity index is 1.31. The number of aryl methyl sites for hydroxylation is 1. The molecule has 5 rings (SSSR count). The van der Waals surface area contributed by atoms with Crippen molar-refractivity contribution in [3.63, 3.8) is 0 Å². The van der Waals surface area contributed by atoms with Crippen LogP contribution in [0.3, 0.4) is 0 Å². The van der Waals surface area contributed by atoms with Crippen molar-refractivity contribution in [2.45, 2.75) is 58.7 Å². The molecule has 3 heterocycles. The van der Waals surface area contributed by atoms with Crippen LogP contribution in [0.5, 0.6) is 0 Å². The van der Waals surface area contributed by atoms with Gasteiger partial charge in [0.05, 0.1) is 12.0 Å². The van der Waals surface area contributed by atoms with Gasteiger partial charge in [0.15, 0.2) is 0 Å². The third kappa shape index (κ3) is 5.38. The number of nitrogens with two attached hydrogens (primary N) is 1. The van der Waals surface area contributed by atoms with Gasteiger partial charge in [-0.15, -0.1) is 0 Å². The second kappa shape index (κ2) is 11.6. The minimum atomic E-state index is -0.539. The van der Waals surface area contributed by atoms with E-state index < -0.39 is 11.2 Å². The van der Waals surface area contributed by atoms with Crippen molar-refractivity contribution in [2.75, 3.05) is 26.2 Å². The number of hydrogen-bond acceptors (Lipinski definition) is 5. The summed E-state index contributed by atoms with van der Waals surface area (Å²) >= 11 is 0. The Hall–Kier alpha value is -3.98. The third-order valence-electron chi connectivity index (χ3n) is 8.45. The first-order valence-corrected chi connectivity index (χ1v) is 14.0. The molecule has 0 unspecified atom stereocenters. The van der Waals surface area contributed by atoms with E-state index in [4.69, 9.17) is 5.73 Å². The fourth-order valence-corrected chi connectivity index (χ4v) is 5.98. The Labute approximate surface area is 233 Å². The number of likely N-dealkylation sites (tertiary alicyclic amines) is 1. The van der Waals surface area contributed by atoms with E-state index in [1.54, 1.807) is 4.90 Å². The van der Waals surface area contributed by atoms with Gasteiger partial charge in [0.2, 0.25) is 11.8 Å². The number of carbonyl (C=O) groups is 2. The molecule has 1 aromatic heterocycles. The molecule has 0 aliphatic carbocycles. The quantitative estimate of drug-likeness (QED) is 0.511. The zero-order chi connectivity index (χ0) is 28.4. The largest absolute Gasteiger partial charge is 0.341 e. The second-order valence-corrected chi connectivity index (χ2v) is 10.8. The van der Waals surface area contributed by atoms with E-state index in [2.05, 4.69) is 6.07 Å². The van der Waals surface area contributed by atoms with Crippen LogP contribution >= 0.6 is 0 Å². The summed E-state index contributed by atoms with van der Waals surface area (Å²) < 4.78 is 2.46. The summed E-state index contributed by atoms with van der Waals surface area (Å²) in [5.74, 6) is -0.0394. The van der Waals surface area contributed by atoms with Gasteiger partial charge in [0.25, 0.3) is 5.56 Å². The van der Waals surface area contributed by atoms with Gasteiger partial charge in [-0.05, 0) is 60.9 Å². The summed E-state index contributed by atoms with van der Waals surface area (Å²) in [7, 11) is 0. The Bertz CT molecular complexity index is 1550. The van der Waals surface area contributed by atoms with Crippen LogP contribution in [0.2, 0.25) is 0 Å². The van der Waals surface area contributed by atoms with Gasteiger partial charge < -0.3 is 15.5 Å². The van der Waals surface area contributed by atoms with E-state index in [1.807, 2.05) is 55.1 Å². The van der Waals surface area contributed by atoms with E-state index in [0.29, 0.717) is 44.5 Å². The summed E-state index contributed by atoms with van der Waals surface area (Å²) in [6, 6.07) is 13.9. The number of carbonyl (C=O) groups excluding carboxylic acids is 2. The molecule has 0 radical (unpaired) electrons. The molecular weight excluding hydrogens is 506 g/mol. The molecule has 0 bridgehead atoms. The number of fused-ring (bicyclic) bond motifs is 1. The zero-order valence-electron chi connectivity index (χ0n) is 23.3. The topological polar surface area (TPSA) is 111 Å². The molecular formula is C31H37N5O4. The molecule has 1 saturated heterocycles. The van der Waals surface area contributed by atoms with Crippen LogP contribution in [0.25, 0.3) is 11.1 Å². The maximum atomic E-state index is 13.4. The lowest BCUT2D eigenvalue weighted by molar-refractivity contribution is -0.136. The molecule has 1 fully saturated rings. The van der Waals surface area contributed by atoms with E-state index in [1.165, 1.54) is 16.3 Å². The number of benzene rings is 2. The average molecular weight is 544 g/mol. The normalized spacial score (nSPS) is 16.1. The molecule has 3 aromatic rings. The number of hydrogen-bond donors (Lipinski definition) is 1. The summed E-state index contributed by atoms with van der Waals surface area (Å²) in [6.45, 7) is 5.67. The van der Waals surface area contributed by atoms with E-state index in [-0.39, 0.29) is 37.5 Å². The minimum absolute atomic E-state index is 0.0731. The summed E-state index contributed by atoms with van der Waals surface area (Å²) in [5.41, 5.74) is 10.2. The van der Waals surface area contributed by atoms with Crippen molar-refractivity contribution in [3.05, 3.63) is 91.8 Å². The molecule has 9 nitrogen and oxygen atoms in total. The van der Waals surface area contributed by atoms with Gasteiger partial charge in [0.1, 0.15) is 6.54 Å². The van der Waals surface area contributed by atoms with Crippen LogP contribution in [0.15, 0.2) is 58.3 Å². The number of aromatic nitrogens is 2. The van der Waals surface area contributed by atoms with Crippen molar-refractivity contribution < 1.29 is 9.59 Å². The zero-order valence-corrected chi connectivity index (χ0v) is 23.3. The van der Waals surface area contributed by atoms with Crippen LogP contribution in [-0.4, -0.2) is 63.0 Å². The van der Waals surface area contributed by atoms with E-state index in [9.17, 15) is 19.2 Å². The monoisotopic (exact) mass is 543 g/mol. The first kappa shape index (κ1) is 27.6. The molecule has 2 aliphatic rings. The van der Waals surface area contributed by atoms with Crippen LogP contribution in [-0.2, 0) is 35.5 Å². The van der Waals surface area contributed by atoms with Crippen molar-refractivity contribution in [1.29, 1.82) is 0 Å². The number of nitrogens with zero attached hydrogens (tertiary/aromatic N) is 4. The molecule has 2 aromatic carbocycles. The standard InChI is InChI=1S/C31H37N5O4/c1-21-6-5-9-26(22(21)2)27-19-34(31(40)36(17-13-32)30(27)39)20-29(38)33-14-11-25(12-15-33)35-16-10-23-7-3-4-8-24(23)18-28(35)37/h3-9,19,25H,10-18,20,32H2,1-2H3. The summed E-state index contributed by atoms with van der Waals surface area (Å²) in [5, 5.41) is 0. The maximum absolute atomic E-state index is 13.4. The highest BCUT2D eigenvalue weighted by molar-refractivity contribution is 5.80. The molecule has 0 saturated carbocycles. The summed E-state index contributed by atoms with van der Waals surface area (Å²) in [4.78, 5) is 56.6. The Kier molecular flexibility index (Phi) is 8.02. The maximum Gasteiger partial charge on any atom is 0.331 e. The molecule has 2 amide bonds. The molecule has 210 valence electrons. The lowest BCUT2D eigenvalue weighted by Crippen LogP contribution is -2.50. The fourth-order valence-electron chi connectivity index (χ4n) is 5.98. The molecule has 9 heteroatoms. The Morgan fingerprint density at radius 3 is 2.38 bits per heavy atom. The molecule has 0 spiro atoms. The van der Waals surface area contributed by atoms with Crippen molar-refractivity contribution in [2.24, 2.45) is 5.73 Å². The smallest absolute Gasteiger partial charge is 0.331 e. The molecule has 2 aliphatic heterocycles. The predicted molar refractivity (Wildman–Crippen MR) is 154 cm³/mol. The molecule has 40 heavy (non-hydrogen) atoms. The van der Waals surface area contributed by atoms with Crippen LogP contribution in [0.1, 0.15) is 35.1 Å². The van der Waals surface area contributed by atoms with Gasteiger partial charge in [-0.3, -0.25) is 23.5 Å². The predicted octanol–water partition coefficient (Wildman–Crippen LogP) is 1.87. The number of rotatable bonds is 6. The first-order chi connectivity index (χ1) is 19.3. The van der Waals surface area contributed by atoms with Crippen molar-refractivity contribution >= 4 is 11.8 Å². The third-order valence-corrected chi connectivity index (χ3v) is 8.45. The molecule has 2 N–H and O–H groups in total. The van der Waals surface area contributed by atoms with Crippen molar-refractivity contribution in [3.8, 4) is 11.1 Å². The highest BCUT2D eigenvalue weighted by Gasteiger charge is 2.31. The van der Waals surface area contributed by atoms with Gasteiger partial charge in [0, 0.05) is 45.0 Å². The lowest BCUT2D eigenvalue weighted by atomic mass is 9.99. The first-order valence-electron chi connectivity index (χ1n) is 14.0.